The maximum absolute atomic E-state index is 8.87. The second kappa shape index (κ2) is 5.05. The summed E-state index contributed by atoms with van der Waals surface area (Å²) >= 11 is 1.74. The van der Waals surface area contributed by atoms with Gasteiger partial charge < -0.3 is 10.4 Å². The van der Waals surface area contributed by atoms with Gasteiger partial charge in [-0.15, -0.1) is 11.3 Å². The molecule has 2 N–H and O–H groups in total. The predicted molar refractivity (Wildman–Crippen MR) is 64.2 cm³/mol. The summed E-state index contributed by atoms with van der Waals surface area (Å²) in [4.78, 5) is 5.63. The van der Waals surface area contributed by atoms with Crippen LogP contribution in [0.4, 0.5) is 0 Å². The Labute approximate surface area is 95.6 Å². The zero-order valence-corrected chi connectivity index (χ0v) is 10.7. The van der Waals surface area contributed by atoms with Gasteiger partial charge in [-0.1, -0.05) is 20.8 Å². The Hall–Kier alpha value is -0.450. The Bertz CT molecular complexity index is 304. The van der Waals surface area contributed by atoms with Crippen molar-refractivity contribution in [2.75, 3.05) is 6.61 Å². The maximum atomic E-state index is 8.87. The molecule has 0 radical (unpaired) electrons. The van der Waals surface area contributed by atoms with Crippen LogP contribution in [0, 0.1) is 0 Å². The fourth-order valence-electron chi connectivity index (χ4n) is 1.08. The van der Waals surface area contributed by atoms with Crippen molar-refractivity contribution in [2.24, 2.45) is 0 Å². The molecular weight excluding hydrogens is 208 g/mol. The molecule has 0 unspecified atom stereocenters. The topological polar surface area (TPSA) is 45.1 Å². The van der Waals surface area contributed by atoms with Crippen LogP contribution < -0.4 is 5.32 Å². The van der Waals surface area contributed by atoms with Crippen molar-refractivity contribution in [1.82, 2.24) is 10.3 Å². The molecule has 3 nitrogen and oxygen atoms in total. The van der Waals surface area contributed by atoms with E-state index < -0.39 is 0 Å². The van der Waals surface area contributed by atoms with Gasteiger partial charge in [-0.2, -0.15) is 0 Å². The van der Waals surface area contributed by atoms with E-state index >= 15 is 0 Å². The fourth-order valence-corrected chi connectivity index (χ4v) is 2.00. The Morgan fingerprint density at radius 1 is 1.53 bits per heavy atom. The van der Waals surface area contributed by atoms with E-state index in [1.165, 1.54) is 4.88 Å². The molecule has 4 heteroatoms. The number of thiazole rings is 1. The summed E-state index contributed by atoms with van der Waals surface area (Å²) in [7, 11) is 0. The van der Waals surface area contributed by atoms with Crippen molar-refractivity contribution in [3.63, 3.8) is 0 Å². The first kappa shape index (κ1) is 12.6. The summed E-state index contributed by atoms with van der Waals surface area (Å²) in [6.07, 6.45) is 1.92. The average Bonchev–Trinajstić information content (AvgIpc) is 2.61. The van der Waals surface area contributed by atoms with Gasteiger partial charge in [0.05, 0.1) is 11.6 Å². The Kier molecular flexibility index (Phi) is 4.25. The number of hydrogen-bond donors (Lipinski definition) is 2. The third-order valence-electron chi connectivity index (χ3n) is 2.09. The molecule has 1 aromatic rings. The summed E-state index contributed by atoms with van der Waals surface area (Å²) in [6, 6.07) is 0.144. The lowest BCUT2D eigenvalue weighted by Crippen LogP contribution is -2.28. The van der Waals surface area contributed by atoms with Crippen LogP contribution in [0.3, 0.4) is 0 Å². The van der Waals surface area contributed by atoms with Gasteiger partial charge in [0, 0.05) is 29.1 Å². The molecule has 1 atom stereocenters. The standard InChI is InChI=1S/C11H20N2OS/c1-8(7-14)12-5-9-6-13-10(15-9)11(2,3)4/h6,8,12,14H,5,7H2,1-4H3/t8-/m1/s1. The van der Waals surface area contributed by atoms with Crippen LogP contribution in [-0.2, 0) is 12.0 Å². The number of aliphatic hydroxyl groups is 1. The number of aromatic nitrogens is 1. The first-order chi connectivity index (χ1) is 6.93. The molecule has 86 valence electrons. The summed E-state index contributed by atoms with van der Waals surface area (Å²) < 4.78 is 0. The van der Waals surface area contributed by atoms with E-state index in [2.05, 4.69) is 31.1 Å². The van der Waals surface area contributed by atoms with Crippen molar-refractivity contribution in [1.29, 1.82) is 0 Å². The molecule has 0 aliphatic rings. The molecule has 0 saturated heterocycles. The van der Waals surface area contributed by atoms with E-state index in [1.54, 1.807) is 11.3 Å². The smallest absolute Gasteiger partial charge is 0.0981 e. The Morgan fingerprint density at radius 3 is 2.67 bits per heavy atom. The number of aliphatic hydroxyl groups excluding tert-OH is 1. The zero-order chi connectivity index (χ0) is 11.5. The average molecular weight is 228 g/mol. The zero-order valence-electron chi connectivity index (χ0n) is 9.87. The summed E-state index contributed by atoms with van der Waals surface area (Å²) in [5.41, 5.74) is 0.130. The first-order valence-electron chi connectivity index (χ1n) is 5.23. The van der Waals surface area contributed by atoms with Gasteiger partial charge in [-0.3, -0.25) is 0 Å². The molecule has 1 rings (SSSR count). The van der Waals surface area contributed by atoms with Crippen LogP contribution in [-0.4, -0.2) is 22.7 Å². The minimum absolute atomic E-state index is 0.130. The van der Waals surface area contributed by atoms with Gasteiger partial charge in [-0.25, -0.2) is 4.98 Å². The fraction of sp³-hybridized carbons (Fsp3) is 0.727. The van der Waals surface area contributed by atoms with Crippen molar-refractivity contribution in [3.8, 4) is 0 Å². The van der Waals surface area contributed by atoms with Crippen LogP contribution in [0.2, 0.25) is 0 Å². The minimum Gasteiger partial charge on any atom is -0.395 e. The summed E-state index contributed by atoms with van der Waals surface area (Å²) in [6.45, 7) is 9.42. The molecule has 0 amide bonds. The number of hydrogen-bond acceptors (Lipinski definition) is 4. The van der Waals surface area contributed by atoms with Crippen molar-refractivity contribution >= 4 is 11.3 Å². The number of nitrogens with zero attached hydrogens (tertiary/aromatic N) is 1. The molecule has 0 bridgehead atoms. The maximum Gasteiger partial charge on any atom is 0.0981 e. The third-order valence-corrected chi connectivity index (χ3v) is 3.52. The summed E-state index contributed by atoms with van der Waals surface area (Å²) in [5, 5.41) is 13.3. The molecule has 0 spiro atoms. The predicted octanol–water partition coefficient (Wildman–Crippen LogP) is 1.91. The number of nitrogens with one attached hydrogen (secondary N) is 1. The summed E-state index contributed by atoms with van der Waals surface area (Å²) in [5.74, 6) is 0. The molecule has 15 heavy (non-hydrogen) atoms. The molecular formula is C11H20N2OS. The highest BCUT2D eigenvalue weighted by Gasteiger charge is 2.17. The van der Waals surface area contributed by atoms with E-state index in [0.29, 0.717) is 0 Å². The lowest BCUT2D eigenvalue weighted by Gasteiger charge is -2.13. The second-order valence-electron chi connectivity index (χ2n) is 4.85. The lowest BCUT2D eigenvalue weighted by atomic mass is 9.98. The van der Waals surface area contributed by atoms with Crippen LogP contribution in [0.15, 0.2) is 6.20 Å². The normalized spacial score (nSPS) is 14.2. The van der Waals surface area contributed by atoms with E-state index in [-0.39, 0.29) is 18.1 Å². The largest absolute Gasteiger partial charge is 0.395 e. The highest BCUT2D eigenvalue weighted by molar-refractivity contribution is 7.11. The van der Waals surface area contributed by atoms with Gasteiger partial charge in [0.25, 0.3) is 0 Å². The molecule has 0 aromatic carbocycles. The highest BCUT2D eigenvalue weighted by atomic mass is 32.1. The van der Waals surface area contributed by atoms with Crippen LogP contribution in [0.5, 0.6) is 0 Å². The lowest BCUT2D eigenvalue weighted by molar-refractivity contribution is 0.251. The Balaban J connectivity index is 2.54. The quantitative estimate of drug-likeness (QED) is 0.827. The third kappa shape index (κ3) is 3.89. The van der Waals surface area contributed by atoms with Gasteiger partial charge in [0.2, 0.25) is 0 Å². The van der Waals surface area contributed by atoms with Crippen molar-refractivity contribution < 1.29 is 5.11 Å². The molecule has 0 fully saturated rings. The highest BCUT2D eigenvalue weighted by Crippen LogP contribution is 2.26. The molecule has 0 aliphatic carbocycles. The van der Waals surface area contributed by atoms with Crippen LogP contribution in [0.25, 0.3) is 0 Å². The van der Waals surface area contributed by atoms with Crippen molar-refractivity contribution in [3.05, 3.63) is 16.1 Å². The Morgan fingerprint density at radius 2 is 2.20 bits per heavy atom. The molecule has 1 heterocycles. The van der Waals surface area contributed by atoms with E-state index in [4.69, 9.17) is 5.11 Å². The molecule has 0 aliphatic heterocycles. The minimum atomic E-state index is 0.130. The van der Waals surface area contributed by atoms with E-state index in [1.807, 2.05) is 13.1 Å². The van der Waals surface area contributed by atoms with Gasteiger partial charge >= 0.3 is 0 Å². The monoisotopic (exact) mass is 228 g/mol. The SMILES string of the molecule is C[C@H](CO)NCc1cnc(C(C)(C)C)s1. The van der Waals surface area contributed by atoms with Crippen molar-refractivity contribution in [2.45, 2.75) is 45.7 Å². The second-order valence-corrected chi connectivity index (χ2v) is 5.96. The molecule has 0 saturated carbocycles. The van der Waals surface area contributed by atoms with Gasteiger partial charge in [0.1, 0.15) is 0 Å². The van der Waals surface area contributed by atoms with Crippen LogP contribution in [0.1, 0.15) is 37.6 Å². The molecule has 1 aromatic heterocycles. The first-order valence-corrected chi connectivity index (χ1v) is 6.04. The number of rotatable bonds is 4. The van der Waals surface area contributed by atoms with E-state index in [9.17, 15) is 0 Å². The van der Waals surface area contributed by atoms with Gasteiger partial charge in [0.15, 0.2) is 0 Å². The van der Waals surface area contributed by atoms with E-state index in [0.717, 1.165) is 11.6 Å². The van der Waals surface area contributed by atoms with Gasteiger partial charge in [-0.05, 0) is 6.92 Å². The van der Waals surface area contributed by atoms with Crippen LogP contribution >= 0.6 is 11.3 Å².